The summed E-state index contributed by atoms with van der Waals surface area (Å²) in [6.07, 6.45) is 5.45. The predicted molar refractivity (Wildman–Crippen MR) is 168 cm³/mol. The fraction of sp³-hybridized carbons (Fsp3) is 0.171. The van der Waals surface area contributed by atoms with Gasteiger partial charge in [0, 0.05) is 55.3 Å². The van der Waals surface area contributed by atoms with Crippen molar-refractivity contribution < 1.29 is 19.1 Å². The molecule has 4 heterocycles. The molecule has 5 aromatic rings. The van der Waals surface area contributed by atoms with Crippen LogP contribution >= 0.6 is 0 Å². The van der Waals surface area contributed by atoms with Gasteiger partial charge in [-0.25, -0.2) is 4.98 Å². The number of carbonyl (C=O) groups is 3. The number of carbonyl (C=O) groups excluding carboxylic acids is 3. The third-order valence-electron chi connectivity index (χ3n) is 8.07. The Hall–Kier alpha value is -5.41. The molecule has 0 aliphatic carbocycles. The van der Waals surface area contributed by atoms with Crippen molar-refractivity contribution in [1.82, 2.24) is 19.7 Å². The summed E-state index contributed by atoms with van der Waals surface area (Å²) in [4.78, 5) is 47.9. The Bertz CT molecular complexity index is 2000. The second kappa shape index (κ2) is 11.0. The quantitative estimate of drug-likeness (QED) is 0.264. The van der Waals surface area contributed by atoms with Gasteiger partial charge in [-0.1, -0.05) is 36.4 Å². The lowest BCUT2D eigenvalue weighted by atomic mass is 9.92. The zero-order chi connectivity index (χ0) is 30.4. The maximum absolute atomic E-state index is 13.5. The van der Waals surface area contributed by atoms with Gasteiger partial charge >= 0.3 is 0 Å². The lowest BCUT2D eigenvalue weighted by Gasteiger charge is -2.27. The summed E-state index contributed by atoms with van der Waals surface area (Å²) in [5.74, 6) is -0.551. The van der Waals surface area contributed by atoms with Crippen LogP contribution in [0.5, 0.6) is 0 Å². The number of hydrogen-bond donors (Lipinski definition) is 0. The van der Waals surface area contributed by atoms with E-state index in [0.29, 0.717) is 54.3 Å². The number of amides is 2. The van der Waals surface area contributed by atoms with Gasteiger partial charge in [0.05, 0.1) is 42.0 Å². The summed E-state index contributed by atoms with van der Waals surface area (Å²) in [7, 11) is 1.87. The average molecular weight is 584 g/mol. The molecule has 44 heavy (non-hydrogen) atoms. The third-order valence-corrected chi connectivity index (χ3v) is 8.07. The maximum Gasteiger partial charge on any atom is 0.254 e. The van der Waals surface area contributed by atoms with Crippen LogP contribution in [0.2, 0.25) is 0 Å². The van der Waals surface area contributed by atoms with Crippen LogP contribution in [-0.4, -0.2) is 63.6 Å². The van der Waals surface area contributed by atoms with Crippen molar-refractivity contribution in [2.45, 2.75) is 6.92 Å². The summed E-state index contributed by atoms with van der Waals surface area (Å²) < 4.78 is 7.20. The molecule has 0 saturated carbocycles. The van der Waals surface area contributed by atoms with E-state index in [1.807, 2.05) is 68.0 Å². The summed E-state index contributed by atoms with van der Waals surface area (Å²) >= 11 is 0. The van der Waals surface area contributed by atoms with Crippen LogP contribution in [0.4, 0.5) is 5.69 Å². The number of pyridine rings is 1. The van der Waals surface area contributed by atoms with E-state index in [9.17, 15) is 14.4 Å². The van der Waals surface area contributed by atoms with Crippen molar-refractivity contribution in [3.8, 4) is 22.3 Å². The van der Waals surface area contributed by atoms with E-state index < -0.39 is 0 Å². The normalized spacial score (nSPS) is 15.7. The highest BCUT2D eigenvalue weighted by Crippen LogP contribution is 2.39. The maximum atomic E-state index is 13.5. The highest BCUT2D eigenvalue weighted by molar-refractivity contribution is 6.26. The number of morpholine rings is 1. The topological polar surface area (TPSA) is 97.6 Å². The first-order chi connectivity index (χ1) is 21.4. The van der Waals surface area contributed by atoms with Gasteiger partial charge < -0.3 is 9.64 Å². The van der Waals surface area contributed by atoms with Gasteiger partial charge in [-0.05, 0) is 59.2 Å². The second-order valence-electron chi connectivity index (χ2n) is 10.9. The van der Waals surface area contributed by atoms with Crippen LogP contribution in [-0.2, 0) is 16.6 Å². The van der Waals surface area contributed by atoms with Crippen LogP contribution < -0.4 is 4.90 Å². The van der Waals surface area contributed by atoms with Gasteiger partial charge in [0.15, 0.2) is 0 Å². The van der Waals surface area contributed by atoms with E-state index in [2.05, 4.69) is 5.10 Å². The Morgan fingerprint density at radius 3 is 2.34 bits per heavy atom. The smallest absolute Gasteiger partial charge is 0.254 e. The highest BCUT2D eigenvalue weighted by Gasteiger charge is 2.34. The standard InChI is InChI=1S/C35H29N5O4/c1-22(41)40-32-10-6-5-9-28(32)34(42)33(40)19-25-18-29(27-8-4-3-7-26(27)24-20-36-38(2)21-24)30-17-23(11-12-31(30)37-25)35(43)39-13-15-44-16-14-39/h3-12,17-21H,13-16H2,1-2H3/b33-19+. The van der Waals surface area contributed by atoms with E-state index in [1.165, 1.54) is 11.8 Å². The molecule has 2 aliphatic rings. The molecule has 0 bridgehead atoms. The van der Waals surface area contributed by atoms with E-state index in [-0.39, 0.29) is 23.3 Å². The van der Waals surface area contributed by atoms with E-state index >= 15 is 0 Å². The summed E-state index contributed by atoms with van der Waals surface area (Å²) in [6, 6.07) is 22.6. The van der Waals surface area contributed by atoms with Crippen LogP contribution in [0.1, 0.15) is 33.3 Å². The van der Waals surface area contributed by atoms with Crippen molar-refractivity contribution >= 4 is 40.3 Å². The molecule has 0 radical (unpaired) electrons. The monoisotopic (exact) mass is 583 g/mol. The number of aromatic nitrogens is 3. The molecular formula is C35H29N5O4. The number of nitrogens with zero attached hydrogens (tertiary/aromatic N) is 5. The number of ketones is 1. The van der Waals surface area contributed by atoms with Crippen molar-refractivity contribution in [2.24, 2.45) is 7.05 Å². The number of rotatable bonds is 4. The molecule has 2 aliphatic heterocycles. The number of benzene rings is 3. The lowest BCUT2D eigenvalue weighted by molar-refractivity contribution is -0.116. The molecule has 0 unspecified atom stereocenters. The van der Waals surface area contributed by atoms with Crippen LogP contribution in [0.15, 0.2) is 90.9 Å². The van der Waals surface area contributed by atoms with Crippen LogP contribution in [0.3, 0.4) is 0 Å². The van der Waals surface area contributed by atoms with Gasteiger partial charge in [-0.3, -0.25) is 24.0 Å². The molecule has 218 valence electrons. The first-order valence-electron chi connectivity index (χ1n) is 14.5. The van der Waals surface area contributed by atoms with Crippen molar-refractivity contribution in [3.05, 3.63) is 108 Å². The first kappa shape index (κ1) is 27.4. The number of allylic oxidation sites excluding steroid dienone is 1. The molecule has 0 atom stereocenters. The average Bonchev–Trinajstić information content (AvgIpc) is 3.61. The Morgan fingerprint density at radius 2 is 1.61 bits per heavy atom. The third kappa shape index (κ3) is 4.77. The number of para-hydroxylation sites is 1. The number of ether oxygens (including phenoxy) is 1. The SMILES string of the molecule is CC(=O)N1/C(=C/c2cc(-c3ccccc3-c3cnn(C)c3)c3cc(C(=O)N4CCOCC4)ccc3n2)C(=O)c2ccccc21. The van der Waals surface area contributed by atoms with E-state index in [1.54, 1.807) is 39.9 Å². The Labute approximate surface area is 254 Å². The Balaban J connectivity index is 1.43. The van der Waals surface area contributed by atoms with Gasteiger partial charge in [0.2, 0.25) is 11.7 Å². The Morgan fingerprint density at radius 1 is 0.886 bits per heavy atom. The van der Waals surface area contributed by atoms with Gasteiger partial charge in [-0.2, -0.15) is 5.10 Å². The zero-order valence-corrected chi connectivity index (χ0v) is 24.4. The Kier molecular flexibility index (Phi) is 6.87. The summed E-state index contributed by atoms with van der Waals surface area (Å²) in [5, 5.41) is 5.18. The molecular weight excluding hydrogens is 554 g/mol. The van der Waals surface area contributed by atoms with Crippen molar-refractivity contribution in [1.29, 1.82) is 0 Å². The molecule has 2 amide bonds. The lowest BCUT2D eigenvalue weighted by Crippen LogP contribution is -2.40. The zero-order valence-electron chi connectivity index (χ0n) is 24.4. The van der Waals surface area contributed by atoms with Crippen LogP contribution in [0, 0.1) is 0 Å². The molecule has 3 aromatic carbocycles. The molecule has 9 heteroatoms. The van der Waals surface area contributed by atoms with Crippen LogP contribution in [0.25, 0.3) is 39.2 Å². The number of anilines is 1. The van der Waals surface area contributed by atoms with Gasteiger partial charge in [-0.15, -0.1) is 0 Å². The molecule has 9 nitrogen and oxygen atoms in total. The number of fused-ring (bicyclic) bond motifs is 2. The van der Waals surface area contributed by atoms with Crippen molar-refractivity contribution in [3.63, 3.8) is 0 Å². The molecule has 7 rings (SSSR count). The molecule has 1 saturated heterocycles. The molecule has 1 fully saturated rings. The molecule has 0 spiro atoms. The summed E-state index contributed by atoms with van der Waals surface area (Å²) in [5.41, 5.74) is 6.70. The summed E-state index contributed by atoms with van der Waals surface area (Å²) in [6.45, 7) is 3.56. The first-order valence-corrected chi connectivity index (χ1v) is 14.5. The molecule has 0 N–H and O–H groups in total. The van der Waals surface area contributed by atoms with E-state index in [4.69, 9.17) is 9.72 Å². The number of aryl methyl sites for hydroxylation is 1. The fourth-order valence-electron chi connectivity index (χ4n) is 5.99. The van der Waals surface area contributed by atoms with Crippen molar-refractivity contribution in [2.75, 3.05) is 31.2 Å². The molecule has 2 aromatic heterocycles. The highest BCUT2D eigenvalue weighted by atomic mass is 16.5. The minimum atomic E-state index is -0.260. The minimum Gasteiger partial charge on any atom is -0.378 e. The largest absolute Gasteiger partial charge is 0.378 e. The van der Waals surface area contributed by atoms with E-state index in [0.717, 1.165) is 27.6 Å². The fourth-order valence-corrected chi connectivity index (χ4v) is 5.99. The predicted octanol–water partition coefficient (Wildman–Crippen LogP) is 5.37. The number of hydrogen-bond acceptors (Lipinski definition) is 6. The van der Waals surface area contributed by atoms with Gasteiger partial charge in [0.1, 0.15) is 0 Å². The minimum absolute atomic E-state index is 0.0562. The van der Waals surface area contributed by atoms with Gasteiger partial charge in [0.25, 0.3) is 5.91 Å². The second-order valence-corrected chi connectivity index (χ2v) is 10.9. The number of Topliss-reactive ketones (excluding diaryl/α,β-unsaturated/α-hetero) is 1.